The summed E-state index contributed by atoms with van der Waals surface area (Å²) in [6.07, 6.45) is 2.82. The molecule has 0 bridgehead atoms. The molecule has 1 aromatic rings. The topological polar surface area (TPSA) is 72.2 Å². The van der Waals surface area contributed by atoms with Crippen molar-refractivity contribution in [1.82, 2.24) is 4.72 Å². The minimum atomic E-state index is -3.41. The van der Waals surface area contributed by atoms with Crippen LogP contribution in [0.15, 0.2) is 29.2 Å². The Morgan fingerprint density at radius 3 is 2.58 bits per heavy atom. The van der Waals surface area contributed by atoms with E-state index in [1.807, 2.05) is 6.26 Å². The first-order valence-electron chi connectivity index (χ1n) is 5.88. The molecule has 0 aliphatic carbocycles. The van der Waals surface area contributed by atoms with Gasteiger partial charge in [-0.05, 0) is 42.7 Å². The SMILES string of the molecule is CSCCCNS(=O)(=O)c1ccc(C#CCN)cc1. The number of benzene rings is 1. The molecule has 0 atom stereocenters. The molecule has 0 saturated heterocycles. The van der Waals surface area contributed by atoms with Gasteiger partial charge in [0.05, 0.1) is 11.4 Å². The summed E-state index contributed by atoms with van der Waals surface area (Å²) >= 11 is 1.70. The Hall–Kier alpha value is -1.00. The van der Waals surface area contributed by atoms with Crippen LogP contribution in [-0.4, -0.2) is 33.5 Å². The van der Waals surface area contributed by atoms with E-state index in [1.54, 1.807) is 36.0 Å². The quantitative estimate of drug-likeness (QED) is 0.608. The summed E-state index contributed by atoms with van der Waals surface area (Å²) < 4.78 is 26.5. The molecule has 19 heavy (non-hydrogen) atoms. The first-order valence-corrected chi connectivity index (χ1v) is 8.75. The second kappa shape index (κ2) is 8.23. The van der Waals surface area contributed by atoms with Crippen molar-refractivity contribution in [1.29, 1.82) is 0 Å². The maximum absolute atomic E-state index is 11.9. The van der Waals surface area contributed by atoms with Gasteiger partial charge in [-0.25, -0.2) is 13.1 Å². The number of thioether (sulfide) groups is 1. The maximum atomic E-state index is 11.9. The van der Waals surface area contributed by atoms with Crippen molar-refractivity contribution in [2.24, 2.45) is 5.73 Å². The number of rotatable bonds is 6. The second-order valence-corrected chi connectivity index (χ2v) is 6.53. The standard InChI is InChI=1S/C13H18N2O2S2/c1-18-11-3-10-15-19(16,17)13-7-5-12(6-8-13)4-2-9-14/h5-8,15H,3,9-11,14H2,1H3. The smallest absolute Gasteiger partial charge is 0.240 e. The molecule has 1 rings (SSSR count). The number of hydrogen-bond acceptors (Lipinski definition) is 4. The minimum Gasteiger partial charge on any atom is -0.320 e. The Morgan fingerprint density at radius 1 is 1.32 bits per heavy atom. The van der Waals surface area contributed by atoms with Crippen LogP contribution < -0.4 is 10.5 Å². The van der Waals surface area contributed by atoms with Gasteiger partial charge in [-0.1, -0.05) is 11.8 Å². The van der Waals surface area contributed by atoms with Crippen LogP contribution in [-0.2, 0) is 10.0 Å². The molecule has 4 nitrogen and oxygen atoms in total. The molecule has 6 heteroatoms. The normalized spacial score (nSPS) is 10.8. The lowest BCUT2D eigenvalue weighted by Crippen LogP contribution is -2.25. The fourth-order valence-corrected chi connectivity index (χ4v) is 2.88. The number of nitrogens with two attached hydrogens (primary N) is 1. The number of nitrogens with one attached hydrogen (secondary N) is 1. The van der Waals surface area contributed by atoms with Gasteiger partial charge in [0, 0.05) is 12.1 Å². The summed E-state index contributed by atoms with van der Waals surface area (Å²) in [7, 11) is -3.41. The largest absolute Gasteiger partial charge is 0.320 e. The van der Waals surface area contributed by atoms with E-state index in [-0.39, 0.29) is 11.4 Å². The zero-order valence-corrected chi connectivity index (χ0v) is 12.5. The van der Waals surface area contributed by atoms with Crippen LogP contribution in [0.5, 0.6) is 0 Å². The molecule has 1 aromatic carbocycles. The molecular formula is C13H18N2O2S2. The van der Waals surface area contributed by atoms with Crippen LogP contribution in [0.2, 0.25) is 0 Å². The first kappa shape index (κ1) is 16.1. The molecular weight excluding hydrogens is 280 g/mol. The van der Waals surface area contributed by atoms with Crippen molar-refractivity contribution < 1.29 is 8.42 Å². The van der Waals surface area contributed by atoms with Gasteiger partial charge in [0.15, 0.2) is 0 Å². The second-order valence-electron chi connectivity index (χ2n) is 3.77. The highest BCUT2D eigenvalue weighted by Gasteiger charge is 2.12. The molecule has 104 valence electrons. The zero-order valence-electron chi connectivity index (χ0n) is 10.8. The van der Waals surface area contributed by atoms with Crippen molar-refractivity contribution in [3.8, 4) is 11.8 Å². The molecule has 0 heterocycles. The zero-order chi connectivity index (χ0) is 14.1. The number of hydrogen-bond donors (Lipinski definition) is 2. The van der Waals surface area contributed by atoms with Crippen molar-refractivity contribution in [2.45, 2.75) is 11.3 Å². The Balaban J connectivity index is 2.68. The van der Waals surface area contributed by atoms with E-state index >= 15 is 0 Å². The number of sulfonamides is 1. The molecule has 3 N–H and O–H groups in total. The first-order chi connectivity index (χ1) is 9.10. The summed E-state index contributed by atoms with van der Waals surface area (Å²) in [5.41, 5.74) is 6.03. The minimum absolute atomic E-state index is 0.259. The third kappa shape index (κ3) is 5.66. The van der Waals surface area contributed by atoms with Crippen LogP contribution >= 0.6 is 11.8 Å². The highest BCUT2D eigenvalue weighted by atomic mass is 32.2. The molecule has 0 radical (unpaired) electrons. The van der Waals surface area contributed by atoms with Gasteiger partial charge in [-0.3, -0.25) is 0 Å². The van der Waals surface area contributed by atoms with E-state index in [0.717, 1.165) is 17.7 Å². The van der Waals surface area contributed by atoms with Crippen molar-refractivity contribution in [3.05, 3.63) is 29.8 Å². The molecule has 0 spiro atoms. The molecule has 0 amide bonds. The average molecular weight is 298 g/mol. The highest BCUT2D eigenvalue weighted by Crippen LogP contribution is 2.10. The summed E-state index contributed by atoms with van der Waals surface area (Å²) in [4.78, 5) is 0.259. The summed E-state index contributed by atoms with van der Waals surface area (Å²) in [6.45, 7) is 0.745. The average Bonchev–Trinajstić information content (AvgIpc) is 2.42. The van der Waals surface area contributed by atoms with Crippen molar-refractivity contribution in [3.63, 3.8) is 0 Å². The Bertz CT molecular complexity index is 542. The van der Waals surface area contributed by atoms with Gasteiger partial charge in [0.1, 0.15) is 0 Å². The van der Waals surface area contributed by atoms with Gasteiger partial charge in [0.25, 0.3) is 0 Å². The Morgan fingerprint density at radius 2 is 2.00 bits per heavy atom. The van der Waals surface area contributed by atoms with Gasteiger partial charge >= 0.3 is 0 Å². The predicted molar refractivity (Wildman–Crippen MR) is 80.6 cm³/mol. The van der Waals surface area contributed by atoms with E-state index in [0.29, 0.717) is 6.54 Å². The Labute approximate surface area is 119 Å². The third-order valence-electron chi connectivity index (χ3n) is 2.32. The highest BCUT2D eigenvalue weighted by molar-refractivity contribution is 7.98. The van der Waals surface area contributed by atoms with Gasteiger partial charge in [-0.2, -0.15) is 11.8 Å². The summed E-state index contributed by atoms with van der Waals surface area (Å²) in [5.74, 6) is 6.51. The predicted octanol–water partition coefficient (Wildman–Crippen LogP) is 1.03. The van der Waals surface area contributed by atoms with Crippen LogP contribution in [0, 0.1) is 11.8 Å². The molecule has 0 aliphatic heterocycles. The Kier molecular flexibility index (Phi) is 6.95. The monoisotopic (exact) mass is 298 g/mol. The molecule has 0 aromatic heterocycles. The van der Waals surface area contributed by atoms with E-state index in [2.05, 4.69) is 16.6 Å². The molecule has 0 unspecified atom stereocenters. The third-order valence-corrected chi connectivity index (χ3v) is 4.49. The van der Waals surface area contributed by atoms with E-state index in [1.165, 1.54) is 0 Å². The van der Waals surface area contributed by atoms with Gasteiger partial charge in [0.2, 0.25) is 10.0 Å². The maximum Gasteiger partial charge on any atom is 0.240 e. The molecule has 0 aliphatic rings. The lowest BCUT2D eigenvalue weighted by Gasteiger charge is -2.06. The molecule has 0 fully saturated rings. The van der Waals surface area contributed by atoms with Crippen molar-refractivity contribution >= 4 is 21.8 Å². The van der Waals surface area contributed by atoms with Crippen LogP contribution in [0.25, 0.3) is 0 Å². The fourth-order valence-electron chi connectivity index (χ4n) is 1.38. The van der Waals surface area contributed by atoms with Crippen LogP contribution in [0.1, 0.15) is 12.0 Å². The van der Waals surface area contributed by atoms with Crippen LogP contribution in [0.4, 0.5) is 0 Å². The van der Waals surface area contributed by atoms with Gasteiger partial charge < -0.3 is 5.73 Å². The van der Waals surface area contributed by atoms with Gasteiger partial charge in [-0.15, -0.1) is 0 Å². The lowest BCUT2D eigenvalue weighted by molar-refractivity contribution is 0.581. The summed E-state index contributed by atoms with van der Waals surface area (Å²) in [6, 6.07) is 6.47. The lowest BCUT2D eigenvalue weighted by atomic mass is 10.2. The molecule has 0 saturated carbocycles. The fraction of sp³-hybridized carbons (Fsp3) is 0.385. The van der Waals surface area contributed by atoms with E-state index in [4.69, 9.17) is 5.73 Å². The van der Waals surface area contributed by atoms with E-state index < -0.39 is 10.0 Å². The van der Waals surface area contributed by atoms with Crippen molar-refractivity contribution in [2.75, 3.05) is 25.1 Å². The van der Waals surface area contributed by atoms with Crippen LogP contribution in [0.3, 0.4) is 0 Å². The van der Waals surface area contributed by atoms with E-state index in [9.17, 15) is 8.42 Å². The summed E-state index contributed by atoms with van der Waals surface area (Å²) in [5, 5.41) is 0.